The Kier molecular flexibility index (Phi) is 3.49. The normalized spacial score (nSPS) is 41.8. The summed E-state index contributed by atoms with van der Waals surface area (Å²) in [5.41, 5.74) is 0. The van der Waals surface area contributed by atoms with Gasteiger partial charge in [-0.05, 0) is 43.6 Å². The van der Waals surface area contributed by atoms with Crippen molar-refractivity contribution in [2.24, 2.45) is 0 Å². The van der Waals surface area contributed by atoms with E-state index in [2.05, 4.69) is 0 Å². The summed E-state index contributed by atoms with van der Waals surface area (Å²) in [4.78, 5) is -0.372. The zero-order chi connectivity index (χ0) is 9.15. The van der Waals surface area contributed by atoms with Crippen LogP contribution in [-0.4, -0.2) is 26.8 Å². The van der Waals surface area contributed by atoms with Crippen LogP contribution in [0.2, 0.25) is 0 Å². The molecule has 0 radical (unpaired) electrons. The van der Waals surface area contributed by atoms with E-state index < -0.39 is 0 Å². The molecule has 1 saturated heterocycles. The van der Waals surface area contributed by atoms with Gasteiger partial charge in [0.05, 0.1) is 0 Å². The van der Waals surface area contributed by atoms with Gasteiger partial charge in [0.25, 0.3) is 0 Å². The number of hydrogen-bond donors (Lipinski definition) is 1. The molecule has 0 bridgehead atoms. The van der Waals surface area contributed by atoms with Crippen LogP contribution in [0.4, 0.5) is 0 Å². The van der Waals surface area contributed by atoms with Gasteiger partial charge in [-0.1, -0.05) is 6.42 Å². The highest BCUT2D eigenvalue weighted by Crippen LogP contribution is 2.45. The average Bonchev–Trinajstić information content (AvgIpc) is 2.09. The molecular weight excluding hydrogens is 200 g/mol. The van der Waals surface area contributed by atoms with Gasteiger partial charge >= 0.3 is 0 Å². The molecule has 1 aliphatic carbocycles. The third kappa shape index (κ3) is 2.37. The van der Waals surface area contributed by atoms with Crippen molar-refractivity contribution in [3.63, 3.8) is 0 Å². The Hall–Kier alpha value is 0.660. The predicted octanol–water partition coefficient (Wildman–Crippen LogP) is 2.88. The molecule has 13 heavy (non-hydrogen) atoms. The summed E-state index contributed by atoms with van der Waals surface area (Å²) < 4.78 is 0. The molecule has 0 aromatic carbocycles. The number of aliphatic hydroxyl groups is 1. The van der Waals surface area contributed by atoms with Crippen LogP contribution in [-0.2, 0) is 0 Å². The molecule has 76 valence electrons. The summed E-state index contributed by atoms with van der Waals surface area (Å²) in [5.74, 6) is 2.42. The summed E-state index contributed by atoms with van der Waals surface area (Å²) >= 11 is 3.83. The SMILES string of the molecule is OC12CCCCC1SCCCCS2. The minimum absolute atomic E-state index is 0.372. The Bertz CT molecular complexity index is 174. The zero-order valence-electron chi connectivity index (χ0n) is 8.00. The topological polar surface area (TPSA) is 20.2 Å². The Balaban J connectivity index is 2.02. The lowest BCUT2D eigenvalue weighted by molar-refractivity contribution is 0.101. The predicted molar refractivity (Wildman–Crippen MR) is 61.4 cm³/mol. The molecule has 2 unspecified atom stereocenters. The maximum Gasteiger partial charge on any atom is 0.122 e. The Morgan fingerprint density at radius 3 is 2.85 bits per heavy atom. The molecule has 2 atom stereocenters. The number of rotatable bonds is 0. The van der Waals surface area contributed by atoms with E-state index >= 15 is 0 Å². The lowest BCUT2D eigenvalue weighted by atomic mass is 9.96. The summed E-state index contributed by atoms with van der Waals surface area (Å²) in [6.07, 6.45) is 7.42. The van der Waals surface area contributed by atoms with Gasteiger partial charge in [-0.25, -0.2) is 0 Å². The first-order valence-corrected chi connectivity index (χ1v) is 7.33. The lowest BCUT2D eigenvalue weighted by Crippen LogP contribution is -2.41. The van der Waals surface area contributed by atoms with E-state index in [1.807, 2.05) is 23.5 Å². The van der Waals surface area contributed by atoms with Gasteiger partial charge in [0.1, 0.15) is 4.93 Å². The van der Waals surface area contributed by atoms with Crippen molar-refractivity contribution < 1.29 is 5.11 Å². The molecule has 0 aromatic rings. The number of hydrogen-bond acceptors (Lipinski definition) is 3. The molecule has 3 heteroatoms. The van der Waals surface area contributed by atoms with Gasteiger partial charge in [-0.3, -0.25) is 0 Å². The monoisotopic (exact) mass is 218 g/mol. The fraction of sp³-hybridized carbons (Fsp3) is 1.00. The van der Waals surface area contributed by atoms with Crippen LogP contribution >= 0.6 is 23.5 Å². The average molecular weight is 218 g/mol. The van der Waals surface area contributed by atoms with Crippen molar-refractivity contribution >= 4 is 23.5 Å². The molecule has 1 heterocycles. The maximum atomic E-state index is 10.4. The van der Waals surface area contributed by atoms with Gasteiger partial charge in [0.15, 0.2) is 0 Å². The highest BCUT2D eigenvalue weighted by Gasteiger charge is 2.39. The van der Waals surface area contributed by atoms with Crippen LogP contribution in [0.5, 0.6) is 0 Å². The lowest BCUT2D eigenvalue weighted by Gasteiger charge is -2.40. The van der Waals surface area contributed by atoms with Crippen molar-refractivity contribution in [2.75, 3.05) is 11.5 Å². The molecule has 1 saturated carbocycles. The van der Waals surface area contributed by atoms with E-state index in [1.165, 1.54) is 37.9 Å². The first kappa shape index (κ1) is 10.2. The first-order chi connectivity index (χ1) is 6.31. The van der Waals surface area contributed by atoms with Gasteiger partial charge in [-0.2, -0.15) is 11.8 Å². The van der Waals surface area contributed by atoms with Gasteiger partial charge < -0.3 is 5.11 Å². The van der Waals surface area contributed by atoms with E-state index in [4.69, 9.17) is 0 Å². The van der Waals surface area contributed by atoms with Crippen molar-refractivity contribution in [2.45, 2.75) is 48.7 Å². The first-order valence-electron chi connectivity index (χ1n) is 5.29. The third-order valence-electron chi connectivity index (χ3n) is 2.96. The van der Waals surface area contributed by atoms with Gasteiger partial charge in [-0.15, -0.1) is 11.8 Å². The van der Waals surface area contributed by atoms with Gasteiger partial charge in [0, 0.05) is 5.25 Å². The molecule has 2 rings (SSSR count). The largest absolute Gasteiger partial charge is 0.378 e. The van der Waals surface area contributed by atoms with E-state index in [9.17, 15) is 5.11 Å². The second-order valence-corrected chi connectivity index (χ2v) is 6.72. The maximum absolute atomic E-state index is 10.4. The van der Waals surface area contributed by atoms with Crippen molar-refractivity contribution in [3.05, 3.63) is 0 Å². The molecule has 0 aromatic heterocycles. The number of thioether (sulfide) groups is 2. The Labute approximate surface area is 89.1 Å². The van der Waals surface area contributed by atoms with E-state index in [1.54, 1.807) is 0 Å². The van der Waals surface area contributed by atoms with E-state index in [-0.39, 0.29) is 4.93 Å². The van der Waals surface area contributed by atoms with Crippen LogP contribution < -0.4 is 0 Å². The third-order valence-corrected chi connectivity index (χ3v) is 6.15. The fourth-order valence-electron chi connectivity index (χ4n) is 2.15. The highest BCUT2D eigenvalue weighted by atomic mass is 32.2. The van der Waals surface area contributed by atoms with Crippen LogP contribution in [0.15, 0.2) is 0 Å². The Morgan fingerprint density at radius 1 is 1.08 bits per heavy atom. The van der Waals surface area contributed by atoms with Gasteiger partial charge in [0.2, 0.25) is 0 Å². The standard InChI is InChI=1S/C10H18OS2/c11-10-6-2-1-5-9(10)12-7-3-4-8-13-10/h9,11H,1-8H2. The summed E-state index contributed by atoms with van der Waals surface area (Å²) in [7, 11) is 0. The van der Waals surface area contributed by atoms with E-state index in [0.29, 0.717) is 5.25 Å². The Morgan fingerprint density at radius 2 is 1.92 bits per heavy atom. The summed E-state index contributed by atoms with van der Waals surface area (Å²) in [5, 5.41) is 11.0. The second kappa shape index (κ2) is 4.45. The molecule has 1 nitrogen and oxygen atoms in total. The molecule has 1 N–H and O–H groups in total. The molecule has 1 aliphatic heterocycles. The molecule has 0 amide bonds. The van der Waals surface area contributed by atoms with Crippen LogP contribution in [0.1, 0.15) is 38.5 Å². The van der Waals surface area contributed by atoms with Crippen LogP contribution in [0, 0.1) is 0 Å². The summed E-state index contributed by atoms with van der Waals surface area (Å²) in [6, 6.07) is 0. The smallest absolute Gasteiger partial charge is 0.122 e. The summed E-state index contributed by atoms with van der Waals surface area (Å²) in [6.45, 7) is 0. The second-order valence-electron chi connectivity index (χ2n) is 4.01. The van der Waals surface area contributed by atoms with Crippen molar-refractivity contribution in [1.29, 1.82) is 0 Å². The fourth-order valence-corrected chi connectivity index (χ4v) is 5.22. The van der Waals surface area contributed by atoms with Crippen molar-refractivity contribution in [3.8, 4) is 0 Å². The molecular formula is C10H18OS2. The highest BCUT2D eigenvalue weighted by molar-refractivity contribution is 8.04. The van der Waals surface area contributed by atoms with E-state index in [0.717, 1.165) is 12.2 Å². The van der Waals surface area contributed by atoms with Crippen LogP contribution in [0.25, 0.3) is 0 Å². The minimum Gasteiger partial charge on any atom is -0.378 e. The zero-order valence-corrected chi connectivity index (χ0v) is 9.63. The molecule has 0 spiro atoms. The number of fused-ring (bicyclic) bond motifs is 1. The molecule has 2 aliphatic rings. The van der Waals surface area contributed by atoms with Crippen LogP contribution in [0.3, 0.4) is 0 Å². The minimum atomic E-state index is -0.372. The quantitative estimate of drug-likeness (QED) is 0.675. The van der Waals surface area contributed by atoms with Crippen molar-refractivity contribution in [1.82, 2.24) is 0 Å². The molecule has 2 fully saturated rings.